The summed E-state index contributed by atoms with van der Waals surface area (Å²) >= 11 is 9.02. The second-order valence-corrected chi connectivity index (χ2v) is 7.44. The summed E-state index contributed by atoms with van der Waals surface area (Å²) in [5.74, 6) is 0.757. The molecular formula is C15H14ClN3OS2. The number of benzene rings is 1. The largest absolute Gasteiger partial charge is 0.343 e. The molecule has 7 heteroatoms. The lowest BCUT2D eigenvalue weighted by Gasteiger charge is -2.05. The Balaban J connectivity index is 1.66. The zero-order valence-electron chi connectivity index (χ0n) is 11.7. The van der Waals surface area contributed by atoms with E-state index in [4.69, 9.17) is 11.6 Å². The van der Waals surface area contributed by atoms with Crippen molar-refractivity contribution in [3.05, 3.63) is 67.7 Å². The standard InChI is InChI=1S/C15H14ClN3OS2/c16-13-7-6-12(22-13)10-21-15-18-17-14(20)19(15)9-8-11-4-2-1-3-5-11/h1-7H,8-10H2,(H,17,20). The van der Waals surface area contributed by atoms with Crippen LogP contribution in [0.3, 0.4) is 0 Å². The predicted octanol–water partition coefficient (Wildman–Crippen LogP) is 3.82. The van der Waals surface area contributed by atoms with Crippen LogP contribution in [0.25, 0.3) is 0 Å². The lowest BCUT2D eigenvalue weighted by atomic mass is 10.1. The van der Waals surface area contributed by atoms with Gasteiger partial charge >= 0.3 is 5.69 Å². The minimum Gasteiger partial charge on any atom is -0.270 e. The molecule has 0 aliphatic carbocycles. The van der Waals surface area contributed by atoms with Crippen LogP contribution in [0.4, 0.5) is 0 Å². The first-order chi connectivity index (χ1) is 10.7. The monoisotopic (exact) mass is 351 g/mol. The summed E-state index contributed by atoms with van der Waals surface area (Å²) in [5.41, 5.74) is 1.04. The minimum absolute atomic E-state index is 0.164. The molecule has 0 radical (unpaired) electrons. The molecule has 0 unspecified atom stereocenters. The van der Waals surface area contributed by atoms with Crippen LogP contribution in [0.5, 0.6) is 0 Å². The van der Waals surface area contributed by atoms with Gasteiger partial charge in [0.2, 0.25) is 0 Å². The van der Waals surface area contributed by atoms with Crippen LogP contribution in [0.15, 0.2) is 52.4 Å². The quantitative estimate of drug-likeness (QED) is 0.687. The summed E-state index contributed by atoms with van der Waals surface area (Å²) in [4.78, 5) is 13.1. The molecule has 22 heavy (non-hydrogen) atoms. The van der Waals surface area contributed by atoms with Gasteiger partial charge in [-0.1, -0.05) is 53.7 Å². The maximum absolute atomic E-state index is 11.9. The van der Waals surface area contributed by atoms with Gasteiger partial charge < -0.3 is 0 Å². The molecule has 0 saturated carbocycles. The van der Waals surface area contributed by atoms with Crippen molar-refractivity contribution in [2.24, 2.45) is 0 Å². The Kier molecular flexibility index (Phi) is 5.02. The molecule has 0 spiro atoms. The maximum Gasteiger partial charge on any atom is 0.343 e. The van der Waals surface area contributed by atoms with E-state index in [2.05, 4.69) is 22.3 Å². The number of hydrogen-bond donors (Lipinski definition) is 1. The van der Waals surface area contributed by atoms with Crippen LogP contribution >= 0.6 is 34.7 Å². The zero-order valence-corrected chi connectivity index (χ0v) is 14.0. The number of hydrogen-bond acceptors (Lipinski definition) is 4. The molecule has 3 rings (SSSR count). The minimum atomic E-state index is -0.164. The number of nitrogens with one attached hydrogen (secondary N) is 1. The highest BCUT2D eigenvalue weighted by atomic mass is 35.5. The van der Waals surface area contributed by atoms with Gasteiger partial charge in [0.1, 0.15) is 0 Å². The summed E-state index contributed by atoms with van der Waals surface area (Å²) in [6, 6.07) is 14.0. The second kappa shape index (κ2) is 7.17. The first-order valence-corrected chi connectivity index (χ1v) is 8.96. The number of aryl methyl sites for hydroxylation is 1. The van der Waals surface area contributed by atoms with Crippen molar-refractivity contribution in [1.82, 2.24) is 14.8 Å². The van der Waals surface area contributed by atoms with E-state index in [0.717, 1.165) is 16.5 Å². The first kappa shape index (κ1) is 15.4. The topological polar surface area (TPSA) is 50.7 Å². The lowest BCUT2D eigenvalue weighted by Crippen LogP contribution is -2.18. The molecular weight excluding hydrogens is 338 g/mol. The molecule has 3 aromatic rings. The van der Waals surface area contributed by atoms with Crippen molar-refractivity contribution in [3.8, 4) is 0 Å². The van der Waals surface area contributed by atoms with E-state index in [9.17, 15) is 4.79 Å². The van der Waals surface area contributed by atoms with E-state index in [1.165, 1.54) is 10.4 Å². The molecule has 0 fully saturated rings. The Morgan fingerprint density at radius 3 is 2.77 bits per heavy atom. The third-order valence-electron chi connectivity index (χ3n) is 3.16. The Morgan fingerprint density at radius 1 is 1.23 bits per heavy atom. The fourth-order valence-corrected chi connectivity index (χ4v) is 4.16. The molecule has 114 valence electrons. The van der Waals surface area contributed by atoms with Gasteiger partial charge in [0.05, 0.1) is 4.34 Å². The van der Waals surface area contributed by atoms with Gasteiger partial charge in [0.15, 0.2) is 5.16 Å². The van der Waals surface area contributed by atoms with Gasteiger partial charge in [-0.3, -0.25) is 4.57 Å². The number of aromatic nitrogens is 3. The predicted molar refractivity (Wildman–Crippen MR) is 91.9 cm³/mol. The maximum atomic E-state index is 11.9. The van der Waals surface area contributed by atoms with Crippen LogP contribution in [0.2, 0.25) is 4.34 Å². The van der Waals surface area contributed by atoms with Crippen LogP contribution in [-0.4, -0.2) is 14.8 Å². The van der Waals surface area contributed by atoms with Gasteiger partial charge in [0.25, 0.3) is 0 Å². The third-order valence-corrected chi connectivity index (χ3v) is 5.60. The molecule has 0 saturated heterocycles. The number of halogens is 1. The number of nitrogens with zero attached hydrogens (tertiary/aromatic N) is 2. The van der Waals surface area contributed by atoms with Crippen molar-refractivity contribution in [1.29, 1.82) is 0 Å². The number of thiophene rings is 1. The van der Waals surface area contributed by atoms with E-state index in [-0.39, 0.29) is 5.69 Å². The van der Waals surface area contributed by atoms with E-state index >= 15 is 0 Å². The third kappa shape index (κ3) is 3.82. The normalized spacial score (nSPS) is 11.0. The van der Waals surface area contributed by atoms with Gasteiger partial charge in [0, 0.05) is 17.2 Å². The molecule has 0 bridgehead atoms. The summed E-state index contributed by atoms with van der Waals surface area (Å²) in [7, 11) is 0. The van der Waals surface area contributed by atoms with Crippen molar-refractivity contribution >= 4 is 34.7 Å². The Hall–Kier alpha value is -1.50. The van der Waals surface area contributed by atoms with Gasteiger partial charge in [-0.15, -0.1) is 16.4 Å². The molecule has 2 heterocycles. The van der Waals surface area contributed by atoms with Crippen LogP contribution in [-0.2, 0) is 18.7 Å². The van der Waals surface area contributed by atoms with Crippen LogP contribution in [0.1, 0.15) is 10.4 Å². The number of thioether (sulfide) groups is 1. The highest BCUT2D eigenvalue weighted by molar-refractivity contribution is 7.98. The van der Waals surface area contributed by atoms with Gasteiger partial charge in [-0.25, -0.2) is 9.89 Å². The Morgan fingerprint density at radius 2 is 2.05 bits per heavy atom. The van der Waals surface area contributed by atoms with Gasteiger partial charge in [-0.05, 0) is 24.1 Å². The summed E-state index contributed by atoms with van der Waals surface area (Å²) < 4.78 is 2.46. The zero-order chi connectivity index (χ0) is 15.4. The molecule has 0 aliphatic rings. The molecule has 0 aliphatic heterocycles. The fourth-order valence-electron chi connectivity index (χ4n) is 2.06. The fraction of sp³-hybridized carbons (Fsp3) is 0.200. The molecule has 0 atom stereocenters. The average Bonchev–Trinajstić information content (AvgIpc) is 3.10. The number of rotatable bonds is 6. The van der Waals surface area contributed by atoms with E-state index < -0.39 is 0 Å². The van der Waals surface area contributed by atoms with Crippen LogP contribution in [0, 0.1) is 0 Å². The molecule has 1 aromatic carbocycles. The molecule has 0 amide bonds. The van der Waals surface area contributed by atoms with E-state index in [1.807, 2.05) is 30.3 Å². The lowest BCUT2D eigenvalue weighted by molar-refractivity contribution is 0.616. The molecule has 1 N–H and O–H groups in total. The van der Waals surface area contributed by atoms with Crippen molar-refractivity contribution < 1.29 is 0 Å². The smallest absolute Gasteiger partial charge is 0.270 e. The summed E-state index contributed by atoms with van der Waals surface area (Å²) in [6.07, 6.45) is 0.804. The Labute approximate surface area is 141 Å². The van der Waals surface area contributed by atoms with Crippen molar-refractivity contribution in [2.45, 2.75) is 23.9 Å². The van der Waals surface area contributed by atoms with E-state index in [0.29, 0.717) is 11.7 Å². The summed E-state index contributed by atoms with van der Waals surface area (Å²) in [5, 5.41) is 7.35. The van der Waals surface area contributed by atoms with Crippen LogP contribution < -0.4 is 5.69 Å². The van der Waals surface area contributed by atoms with Crippen molar-refractivity contribution in [3.63, 3.8) is 0 Å². The van der Waals surface area contributed by atoms with E-state index in [1.54, 1.807) is 27.7 Å². The second-order valence-electron chi connectivity index (χ2n) is 4.69. The number of aromatic amines is 1. The number of H-pyrrole nitrogens is 1. The molecule has 2 aromatic heterocycles. The van der Waals surface area contributed by atoms with Gasteiger partial charge in [-0.2, -0.15) is 0 Å². The first-order valence-electron chi connectivity index (χ1n) is 6.78. The highest BCUT2D eigenvalue weighted by Crippen LogP contribution is 2.27. The van der Waals surface area contributed by atoms with Crippen molar-refractivity contribution in [2.75, 3.05) is 0 Å². The Bertz CT molecular complexity index is 794. The SMILES string of the molecule is O=c1[nH]nc(SCc2ccc(Cl)s2)n1CCc1ccccc1. The molecule has 4 nitrogen and oxygen atoms in total. The highest BCUT2D eigenvalue weighted by Gasteiger charge is 2.10. The summed E-state index contributed by atoms with van der Waals surface area (Å²) in [6.45, 7) is 0.618. The average molecular weight is 352 g/mol.